The van der Waals surface area contributed by atoms with Crippen LogP contribution in [-0.2, 0) is 4.79 Å². The maximum atomic E-state index is 11.8. The van der Waals surface area contributed by atoms with Crippen molar-refractivity contribution >= 4 is 23.5 Å². The van der Waals surface area contributed by atoms with E-state index in [1.807, 2.05) is 43.3 Å². The SMILES string of the molecule is COc1ccc(SCC(=O)Nc2cccc(C)n2)cc1. The highest BCUT2D eigenvalue weighted by Gasteiger charge is 2.04. The van der Waals surface area contributed by atoms with Crippen molar-refractivity contribution in [3.05, 3.63) is 48.2 Å². The fourth-order valence-electron chi connectivity index (χ4n) is 1.61. The Morgan fingerprint density at radius 1 is 1.25 bits per heavy atom. The monoisotopic (exact) mass is 288 g/mol. The Morgan fingerprint density at radius 3 is 2.65 bits per heavy atom. The van der Waals surface area contributed by atoms with Crippen LogP contribution in [0.15, 0.2) is 47.4 Å². The summed E-state index contributed by atoms with van der Waals surface area (Å²) >= 11 is 1.48. The summed E-state index contributed by atoms with van der Waals surface area (Å²) in [5.74, 6) is 1.68. The molecule has 0 bridgehead atoms. The highest BCUT2D eigenvalue weighted by molar-refractivity contribution is 8.00. The van der Waals surface area contributed by atoms with E-state index in [2.05, 4.69) is 10.3 Å². The predicted octanol–water partition coefficient (Wildman–Crippen LogP) is 3.13. The second-order valence-electron chi connectivity index (χ2n) is 4.18. The van der Waals surface area contributed by atoms with Crippen molar-refractivity contribution in [1.82, 2.24) is 4.98 Å². The second kappa shape index (κ2) is 6.96. The van der Waals surface area contributed by atoms with Crippen LogP contribution in [0.2, 0.25) is 0 Å². The molecule has 5 heteroatoms. The Balaban J connectivity index is 1.85. The Bertz CT molecular complexity index is 585. The molecule has 0 aliphatic heterocycles. The molecule has 0 saturated carbocycles. The number of aromatic nitrogens is 1. The Hall–Kier alpha value is -2.01. The van der Waals surface area contributed by atoms with E-state index in [-0.39, 0.29) is 5.91 Å². The van der Waals surface area contributed by atoms with Crippen LogP contribution >= 0.6 is 11.8 Å². The minimum absolute atomic E-state index is 0.0658. The van der Waals surface area contributed by atoms with E-state index in [0.717, 1.165) is 16.3 Å². The molecule has 2 rings (SSSR count). The average Bonchev–Trinajstić information content (AvgIpc) is 2.46. The number of aryl methyl sites for hydroxylation is 1. The lowest BCUT2D eigenvalue weighted by Crippen LogP contribution is -2.15. The molecule has 2 aromatic rings. The fraction of sp³-hybridized carbons (Fsp3) is 0.200. The minimum Gasteiger partial charge on any atom is -0.497 e. The molecule has 0 spiro atoms. The zero-order chi connectivity index (χ0) is 14.4. The molecule has 20 heavy (non-hydrogen) atoms. The predicted molar refractivity (Wildman–Crippen MR) is 81.3 cm³/mol. The van der Waals surface area contributed by atoms with E-state index in [1.54, 1.807) is 13.2 Å². The molecule has 1 aromatic heterocycles. The van der Waals surface area contributed by atoms with Crippen molar-refractivity contribution < 1.29 is 9.53 Å². The molecule has 1 aromatic carbocycles. The Kier molecular flexibility index (Phi) is 5.01. The van der Waals surface area contributed by atoms with Crippen LogP contribution in [0.3, 0.4) is 0 Å². The fourth-order valence-corrected chi connectivity index (χ4v) is 2.31. The maximum absolute atomic E-state index is 11.8. The van der Waals surface area contributed by atoms with E-state index < -0.39 is 0 Å². The van der Waals surface area contributed by atoms with Crippen LogP contribution in [0.4, 0.5) is 5.82 Å². The van der Waals surface area contributed by atoms with Gasteiger partial charge in [0.05, 0.1) is 12.9 Å². The van der Waals surface area contributed by atoms with E-state index in [9.17, 15) is 4.79 Å². The van der Waals surface area contributed by atoms with Crippen molar-refractivity contribution in [3.63, 3.8) is 0 Å². The summed E-state index contributed by atoms with van der Waals surface area (Å²) in [6.07, 6.45) is 0. The first kappa shape index (κ1) is 14.4. The summed E-state index contributed by atoms with van der Waals surface area (Å²) in [5.41, 5.74) is 0.880. The number of nitrogens with one attached hydrogen (secondary N) is 1. The first-order valence-corrected chi connectivity index (χ1v) is 7.16. The molecule has 0 atom stereocenters. The van der Waals surface area contributed by atoms with Gasteiger partial charge in [-0.2, -0.15) is 0 Å². The van der Waals surface area contributed by atoms with Crippen LogP contribution in [-0.4, -0.2) is 23.8 Å². The highest BCUT2D eigenvalue weighted by Crippen LogP contribution is 2.21. The molecular weight excluding hydrogens is 272 g/mol. The van der Waals surface area contributed by atoms with Crippen molar-refractivity contribution in [2.75, 3.05) is 18.2 Å². The zero-order valence-corrected chi connectivity index (χ0v) is 12.2. The zero-order valence-electron chi connectivity index (χ0n) is 11.4. The van der Waals surface area contributed by atoms with Crippen molar-refractivity contribution in [3.8, 4) is 5.75 Å². The van der Waals surface area contributed by atoms with Gasteiger partial charge in [-0.3, -0.25) is 4.79 Å². The van der Waals surface area contributed by atoms with Crippen LogP contribution in [0.5, 0.6) is 5.75 Å². The third-order valence-corrected chi connectivity index (χ3v) is 3.60. The first-order valence-electron chi connectivity index (χ1n) is 6.18. The van der Waals surface area contributed by atoms with Crippen LogP contribution < -0.4 is 10.1 Å². The van der Waals surface area contributed by atoms with Gasteiger partial charge in [-0.15, -0.1) is 11.8 Å². The van der Waals surface area contributed by atoms with Gasteiger partial charge in [-0.1, -0.05) is 6.07 Å². The standard InChI is InChI=1S/C15H16N2O2S/c1-11-4-3-5-14(16-11)17-15(18)10-20-13-8-6-12(19-2)7-9-13/h3-9H,10H2,1-2H3,(H,16,17,18). The molecule has 104 valence electrons. The number of hydrogen-bond acceptors (Lipinski definition) is 4. The molecule has 1 N–H and O–H groups in total. The molecule has 4 nitrogen and oxygen atoms in total. The van der Waals surface area contributed by atoms with E-state index in [0.29, 0.717) is 11.6 Å². The van der Waals surface area contributed by atoms with Gasteiger partial charge in [0, 0.05) is 10.6 Å². The molecule has 0 aliphatic rings. The number of nitrogens with zero attached hydrogens (tertiary/aromatic N) is 1. The average molecular weight is 288 g/mol. The van der Waals surface area contributed by atoms with Crippen LogP contribution in [0.1, 0.15) is 5.69 Å². The van der Waals surface area contributed by atoms with Crippen LogP contribution in [0, 0.1) is 6.92 Å². The lowest BCUT2D eigenvalue weighted by molar-refractivity contribution is -0.113. The Labute approximate surface area is 122 Å². The number of thioether (sulfide) groups is 1. The lowest BCUT2D eigenvalue weighted by atomic mass is 10.3. The molecule has 0 saturated heterocycles. The largest absolute Gasteiger partial charge is 0.497 e. The number of rotatable bonds is 5. The smallest absolute Gasteiger partial charge is 0.235 e. The quantitative estimate of drug-likeness (QED) is 0.859. The maximum Gasteiger partial charge on any atom is 0.235 e. The number of benzene rings is 1. The van der Waals surface area contributed by atoms with Gasteiger partial charge in [0.15, 0.2) is 0 Å². The molecule has 0 unspecified atom stereocenters. The van der Waals surface area contributed by atoms with E-state index in [1.165, 1.54) is 11.8 Å². The third-order valence-electron chi connectivity index (χ3n) is 2.59. The minimum atomic E-state index is -0.0658. The normalized spacial score (nSPS) is 10.1. The van der Waals surface area contributed by atoms with Gasteiger partial charge in [0.1, 0.15) is 11.6 Å². The third kappa shape index (κ3) is 4.28. The van der Waals surface area contributed by atoms with Gasteiger partial charge in [-0.25, -0.2) is 4.98 Å². The summed E-state index contributed by atoms with van der Waals surface area (Å²) in [6, 6.07) is 13.2. The highest BCUT2D eigenvalue weighted by atomic mass is 32.2. The number of carbonyl (C=O) groups excluding carboxylic acids is 1. The Morgan fingerprint density at radius 2 is 2.00 bits per heavy atom. The molecule has 0 radical (unpaired) electrons. The van der Waals surface area contributed by atoms with Gasteiger partial charge in [-0.05, 0) is 43.3 Å². The number of hydrogen-bond donors (Lipinski definition) is 1. The van der Waals surface area contributed by atoms with Crippen LogP contribution in [0.25, 0.3) is 0 Å². The van der Waals surface area contributed by atoms with Crippen molar-refractivity contribution in [2.45, 2.75) is 11.8 Å². The van der Waals surface area contributed by atoms with Gasteiger partial charge < -0.3 is 10.1 Å². The molecule has 0 fully saturated rings. The first-order chi connectivity index (χ1) is 9.67. The number of pyridine rings is 1. The number of ether oxygens (including phenoxy) is 1. The van der Waals surface area contributed by atoms with Crippen molar-refractivity contribution in [2.24, 2.45) is 0 Å². The summed E-state index contributed by atoms with van der Waals surface area (Å²) in [6.45, 7) is 1.89. The number of carbonyl (C=O) groups is 1. The topological polar surface area (TPSA) is 51.2 Å². The summed E-state index contributed by atoms with van der Waals surface area (Å²) in [5, 5.41) is 2.78. The molecular formula is C15H16N2O2S. The summed E-state index contributed by atoms with van der Waals surface area (Å²) in [4.78, 5) is 17.1. The molecule has 1 heterocycles. The second-order valence-corrected chi connectivity index (χ2v) is 5.23. The number of anilines is 1. The molecule has 1 amide bonds. The number of methoxy groups -OCH3 is 1. The van der Waals surface area contributed by atoms with E-state index in [4.69, 9.17) is 4.74 Å². The van der Waals surface area contributed by atoms with Gasteiger partial charge in [0.2, 0.25) is 5.91 Å². The summed E-state index contributed by atoms with van der Waals surface area (Å²) < 4.78 is 5.09. The van der Waals surface area contributed by atoms with Crippen molar-refractivity contribution in [1.29, 1.82) is 0 Å². The number of amides is 1. The van der Waals surface area contributed by atoms with E-state index >= 15 is 0 Å². The lowest BCUT2D eigenvalue weighted by Gasteiger charge is -2.05. The van der Waals surface area contributed by atoms with Gasteiger partial charge in [0.25, 0.3) is 0 Å². The van der Waals surface area contributed by atoms with Gasteiger partial charge >= 0.3 is 0 Å². The summed E-state index contributed by atoms with van der Waals surface area (Å²) in [7, 11) is 1.63. The molecule has 0 aliphatic carbocycles.